The summed E-state index contributed by atoms with van der Waals surface area (Å²) in [6.45, 7) is 2.69. The topological polar surface area (TPSA) is 45.5 Å². The third-order valence-corrected chi connectivity index (χ3v) is 3.71. The fourth-order valence-electron chi connectivity index (χ4n) is 2.58. The van der Waals surface area contributed by atoms with E-state index in [2.05, 4.69) is 21.2 Å². The summed E-state index contributed by atoms with van der Waals surface area (Å²) in [7, 11) is 0. The van der Waals surface area contributed by atoms with Gasteiger partial charge in [-0.2, -0.15) is 0 Å². The van der Waals surface area contributed by atoms with Crippen molar-refractivity contribution in [3.05, 3.63) is 22.6 Å². The molecule has 2 atom stereocenters. The SMILES string of the molecule is O=C(c1cc(Br)co1)N1C[C@H]2CN[C@H](C2)C1. The van der Waals surface area contributed by atoms with E-state index in [1.165, 1.54) is 6.42 Å². The molecule has 2 aliphatic rings. The maximum absolute atomic E-state index is 12.1. The number of carbonyl (C=O) groups is 1. The summed E-state index contributed by atoms with van der Waals surface area (Å²) in [4.78, 5) is 14.0. The van der Waals surface area contributed by atoms with Gasteiger partial charge in [0.2, 0.25) is 0 Å². The van der Waals surface area contributed by atoms with Crippen LogP contribution in [0.5, 0.6) is 0 Å². The Morgan fingerprint density at radius 3 is 3.12 bits per heavy atom. The minimum Gasteiger partial charge on any atom is -0.458 e. The highest BCUT2D eigenvalue weighted by atomic mass is 79.9. The average molecular weight is 285 g/mol. The number of piperidine rings is 1. The quantitative estimate of drug-likeness (QED) is 0.850. The van der Waals surface area contributed by atoms with Crippen LogP contribution in [0.2, 0.25) is 0 Å². The first-order valence-electron chi connectivity index (χ1n) is 5.49. The number of fused-ring (bicyclic) bond motifs is 2. The molecule has 3 rings (SSSR count). The summed E-state index contributed by atoms with van der Waals surface area (Å²) in [5, 5.41) is 3.43. The molecule has 2 saturated heterocycles. The number of rotatable bonds is 1. The van der Waals surface area contributed by atoms with E-state index < -0.39 is 0 Å². The second kappa shape index (κ2) is 3.89. The number of halogens is 1. The summed E-state index contributed by atoms with van der Waals surface area (Å²) >= 11 is 3.28. The van der Waals surface area contributed by atoms with Crippen LogP contribution in [0.1, 0.15) is 17.0 Å². The lowest BCUT2D eigenvalue weighted by Gasteiger charge is -2.30. The van der Waals surface area contributed by atoms with Gasteiger partial charge in [-0.05, 0) is 28.3 Å². The summed E-state index contributed by atoms with van der Waals surface area (Å²) in [6.07, 6.45) is 2.75. The Labute approximate surface area is 102 Å². The molecular formula is C11H13BrN2O2. The zero-order valence-corrected chi connectivity index (χ0v) is 10.4. The molecule has 4 nitrogen and oxygen atoms in total. The van der Waals surface area contributed by atoms with Gasteiger partial charge < -0.3 is 14.6 Å². The van der Waals surface area contributed by atoms with Crippen molar-refractivity contribution in [1.82, 2.24) is 10.2 Å². The molecule has 2 bridgehead atoms. The Morgan fingerprint density at radius 2 is 2.44 bits per heavy atom. The lowest BCUT2D eigenvalue weighted by molar-refractivity contribution is 0.0659. The highest BCUT2D eigenvalue weighted by Crippen LogP contribution is 2.24. The van der Waals surface area contributed by atoms with Gasteiger partial charge >= 0.3 is 0 Å². The number of furan rings is 1. The first-order valence-corrected chi connectivity index (χ1v) is 6.28. The summed E-state index contributed by atoms with van der Waals surface area (Å²) in [5.41, 5.74) is 0. The predicted molar refractivity (Wildman–Crippen MR) is 62.2 cm³/mol. The molecule has 0 unspecified atom stereocenters. The van der Waals surface area contributed by atoms with Crippen LogP contribution in [0.25, 0.3) is 0 Å². The van der Waals surface area contributed by atoms with Crippen LogP contribution in [0, 0.1) is 5.92 Å². The highest BCUT2D eigenvalue weighted by molar-refractivity contribution is 9.10. The summed E-state index contributed by atoms with van der Waals surface area (Å²) in [5.74, 6) is 1.04. The van der Waals surface area contributed by atoms with Gasteiger partial charge in [-0.3, -0.25) is 4.79 Å². The van der Waals surface area contributed by atoms with Gasteiger partial charge in [-0.1, -0.05) is 0 Å². The van der Waals surface area contributed by atoms with Crippen molar-refractivity contribution in [1.29, 1.82) is 0 Å². The molecule has 1 aromatic rings. The Hall–Kier alpha value is -0.810. The van der Waals surface area contributed by atoms with E-state index >= 15 is 0 Å². The van der Waals surface area contributed by atoms with E-state index in [1.807, 2.05) is 4.90 Å². The lowest BCUT2D eigenvalue weighted by Crippen LogP contribution is -2.44. The van der Waals surface area contributed by atoms with Crippen LogP contribution in [0.3, 0.4) is 0 Å². The van der Waals surface area contributed by atoms with Crippen molar-refractivity contribution in [2.75, 3.05) is 19.6 Å². The maximum atomic E-state index is 12.1. The van der Waals surface area contributed by atoms with Gasteiger partial charge in [0, 0.05) is 31.7 Å². The van der Waals surface area contributed by atoms with Gasteiger partial charge in [0.05, 0.1) is 4.47 Å². The van der Waals surface area contributed by atoms with Crippen molar-refractivity contribution in [3.8, 4) is 0 Å². The zero-order chi connectivity index (χ0) is 11.1. The molecule has 0 spiro atoms. The number of nitrogens with one attached hydrogen (secondary N) is 1. The summed E-state index contributed by atoms with van der Waals surface area (Å²) < 4.78 is 6.03. The number of likely N-dealkylation sites (tertiary alicyclic amines) is 1. The number of hydrogen-bond acceptors (Lipinski definition) is 3. The van der Waals surface area contributed by atoms with Crippen LogP contribution in [-0.4, -0.2) is 36.5 Å². The van der Waals surface area contributed by atoms with E-state index in [0.29, 0.717) is 17.7 Å². The molecule has 0 aliphatic carbocycles. The smallest absolute Gasteiger partial charge is 0.289 e. The minimum absolute atomic E-state index is 0.00380. The number of hydrogen-bond donors (Lipinski definition) is 1. The lowest BCUT2D eigenvalue weighted by atomic mass is 10.00. The molecule has 0 aromatic carbocycles. The number of amides is 1. The molecule has 0 radical (unpaired) electrons. The molecule has 3 heterocycles. The van der Waals surface area contributed by atoms with Crippen LogP contribution < -0.4 is 5.32 Å². The van der Waals surface area contributed by atoms with Gasteiger partial charge in [0.15, 0.2) is 5.76 Å². The standard InChI is InChI=1S/C11H13BrN2O2/c12-8-2-10(16-6-8)11(15)14-4-7-1-9(5-14)13-3-7/h2,6-7,9,13H,1,3-5H2/t7-,9-/m1/s1. The monoisotopic (exact) mass is 284 g/mol. The van der Waals surface area contributed by atoms with Crippen molar-refractivity contribution in [2.24, 2.45) is 5.92 Å². The maximum Gasteiger partial charge on any atom is 0.289 e. The normalized spacial score (nSPS) is 28.4. The molecule has 1 aromatic heterocycles. The fourth-order valence-corrected chi connectivity index (χ4v) is 2.88. The Morgan fingerprint density at radius 1 is 1.56 bits per heavy atom. The third kappa shape index (κ3) is 1.78. The minimum atomic E-state index is 0.00380. The summed E-state index contributed by atoms with van der Waals surface area (Å²) in [6, 6.07) is 2.20. The van der Waals surface area contributed by atoms with Crippen LogP contribution in [-0.2, 0) is 0 Å². The Kier molecular flexibility index (Phi) is 2.52. The molecular weight excluding hydrogens is 272 g/mol. The van der Waals surface area contributed by atoms with Crippen LogP contribution >= 0.6 is 15.9 Å². The van der Waals surface area contributed by atoms with E-state index in [9.17, 15) is 4.79 Å². The van der Waals surface area contributed by atoms with Gasteiger partial charge in [0.1, 0.15) is 6.26 Å². The number of nitrogens with zero attached hydrogens (tertiary/aromatic N) is 1. The molecule has 1 N–H and O–H groups in total. The van der Waals surface area contributed by atoms with Crippen LogP contribution in [0.15, 0.2) is 21.2 Å². The van der Waals surface area contributed by atoms with Crippen molar-refractivity contribution in [3.63, 3.8) is 0 Å². The molecule has 5 heteroatoms. The third-order valence-electron chi connectivity index (χ3n) is 3.30. The van der Waals surface area contributed by atoms with E-state index in [0.717, 1.165) is 24.1 Å². The van der Waals surface area contributed by atoms with E-state index in [1.54, 1.807) is 12.3 Å². The van der Waals surface area contributed by atoms with Crippen molar-refractivity contribution >= 4 is 21.8 Å². The Bertz CT molecular complexity index is 406. The molecule has 2 fully saturated rings. The second-order valence-corrected chi connectivity index (χ2v) is 5.46. The number of carbonyl (C=O) groups excluding carboxylic acids is 1. The van der Waals surface area contributed by atoms with Crippen molar-refractivity contribution in [2.45, 2.75) is 12.5 Å². The molecule has 86 valence electrons. The first-order chi connectivity index (χ1) is 7.72. The molecule has 2 aliphatic heterocycles. The highest BCUT2D eigenvalue weighted by Gasteiger charge is 2.35. The average Bonchev–Trinajstić information content (AvgIpc) is 2.84. The van der Waals surface area contributed by atoms with Gasteiger partial charge in [-0.15, -0.1) is 0 Å². The zero-order valence-electron chi connectivity index (χ0n) is 8.78. The van der Waals surface area contributed by atoms with Gasteiger partial charge in [0.25, 0.3) is 5.91 Å². The largest absolute Gasteiger partial charge is 0.458 e. The molecule has 16 heavy (non-hydrogen) atoms. The van der Waals surface area contributed by atoms with Crippen LogP contribution in [0.4, 0.5) is 0 Å². The molecule has 1 amide bonds. The fraction of sp³-hybridized carbons (Fsp3) is 0.545. The Balaban J connectivity index is 1.76. The van der Waals surface area contributed by atoms with Gasteiger partial charge in [-0.25, -0.2) is 0 Å². The second-order valence-electron chi connectivity index (χ2n) is 4.55. The van der Waals surface area contributed by atoms with E-state index in [4.69, 9.17) is 4.42 Å². The molecule has 0 saturated carbocycles. The first kappa shape index (κ1) is 10.4. The van der Waals surface area contributed by atoms with E-state index in [-0.39, 0.29) is 5.91 Å². The van der Waals surface area contributed by atoms with Crippen molar-refractivity contribution < 1.29 is 9.21 Å². The predicted octanol–water partition coefficient (Wildman–Crippen LogP) is 1.48.